The monoisotopic (exact) mass is 496 g/mol. The average Bonchev–Trinajstić information content (AvgIpc) is 3.50. The largest absolute Gasteiger partial charge is 0.322 e. The molecule has 0 N–H and O–H groups in total. The number of fused-ring (bicyclic) bond motifs is 1. The van der Waals surface area contributed by atoms with Crippen LogP contribution in [0.2, 0.25) is 0 Å². The normalized spacial score (nSPS) is 16.5. The number of carbonyl (C=O) groups excluding carboxylic acids is 1. The van der Waals surface area contributed by atoms with E-state index in [0.717, 1.165) is 35.7 Å². The van der Waals surface area contributed by atoms with Crippen LogP contribution in [0.1, 0.15) is 30.4 Å². The van der Waals surface area contributed by atoms with Gasteiger partial charge in [0.25, 0.3) is 0 Å². The number of imidazole rings is 1. The van der Waals surface area contributed by atoms with Crippen LogP contribution in [-0.2, 0) is 27.8 Å². The highest BCUT2D eigenvalue weighted by Crippen LogP contribution is 2.32. The summed E-state index contributed by atoms with van der Waals surface area (Å²) in [6.45, 7) is 2.45. The van der Waals surface area contributed by atoms with Crippen LogP contribution < -0.4 is 4.90 Å². The lowest BCUT2D eigenvalue weighted by molar-refractivity contribution is -0.116. The van der Waals surface area contributed by atoms with Gasteiger partial charge in [-0.3, -0.25) is 4.79 Å². The zero-order valence-corrected chi connectivity index (χ0v) is 20.6. The number of amides is 1. The minimum Gasteiger partial charge on any atom is -0.322 e. The molecule has 2 aliphatic heterocycles. The van der Waals surface area contributed by atoms with Crippen molar-refractivity contribution >= 4 is 33.4 Å². The lowest BCUT2D eigenvalue weighted by atomic mass is 10.2. The van der Waals surface area contributed by atoms with Crippen molar-refractivity contribution in [2.45, 2.75) is 42.3 Å². The highest BCUT2D eigenvalue weighted by Gasteiger charge is 2.30. The highest BCUT2D eigenvalue weighted by atomic mass is 32.2. The van der Waals surface area contributed by atoms with Crippen molar-refractivity contribution < 1.29 is 13.2 Å². The molecular weight excluding hydrogens is 468 g/mol. The van der Waals surface area contributed by atoms with E-state index in [0.29, 0.717) is 37.5 Å². The summed E-state index contributed by atoms with van der Waals surface area (Å²) in [5.41, 5.74) is 2.91. The quantitative estimate of drug-likeness (QED) is 0.465. The number of benzene rings is 2. The van der Waals surface area contributed by atoms with Crippen molar-refractivity contribution in [3.8, 4) is 0 Å². The molecule has 3 heterocycles. The van der Waals surface area contributed by atoms with Crippen LogP contribution >= 0.6 is 11.8 Å². The molecule has 0 spiro atoms. The third-order valence-corrected chi connectivity index (χ3v) is 9.28. The van der Waals surface area contributed by atoms with Gasteiger partial charge in [-0.1, -0.05) is 48.5 Å². The number of thioether (sulfide) groups is 1. The van der Waals surface area contributed by atoms with E-state index in [-0.39, 0.29) is 11.7 Å². The molecule has 2 aliphatic rings. The molecule has 7 nitrogen and oxygen atoms in total. The molecule has 0 aliphatic carbocycles. The number of anilines is 1. The van der Waals surface area contributed by atoms with Crippen molar-refractivity contribution in [1.29, 1.82) is 0 Å². The SMILES string of the molecule is O=C(CSc1nccn1Cc1ccccc1)N1CCc2cc(S(=O)(=O)N3CCCCC3)ccc21. The van der Waals surface area contributed by atoms with Gasteiger partial charge in [0, 0.05) is 44.3 Å². The number of hydrogen-bond donors (Lipinski definition) is 0. The van der Waals surface area contributed by atoms with Crippen molar-refractivity contribution in [1.82, 2.24) is 13.9 Å². The average molecular weight is 497 g/mol. The molecule has 178 valence electrons. The van der Waals surface area contributed by atoms with Gasteiger partial charge in [0.2, 0.25) is 15.9 Å². The maximum absolute atomic E-state index is 13.0. The van der Waals surface area contributed by atoms with Gasteiger partial charge in [-0.05, 0) is 48.6 Å². The third kappa shape index (κ3) is 4.78. The standard InChI is InChI=1S/C25H28N4O3S2/c30-24(19-33-25-26-12-16-27(25)18-20-7-3-1-4-8-20)29-15-11-21-17-22(9-10-23(21)29)34(31,32)28-13-5-2-6-14-28/h1,3-4,7-10,12,16-17H,2,5-6,11,13-15,18-19H2. The molecule has 0 atom stereocenters. The maximum atomic E-state index is 13.0. The van der Waals surface area contributed by atoms with E-state index in [1.807, 2.05) is 29.0 Å². The molecule has 1 saturated heterocycles. The van der Waals surface area contributed by atoms with Crippen molar-refractivity contribution in [2.24, 2.45) is 0 Å². The summed E-state index contributed by atoms with van der Waals surface area (Å²) < 4.78 is 29.7. The number of piperidine rings is 1. The lowest BCUT2D eigenvalue weighted by Crippen LogP contribution is -2.35. The second kappa shape index (κ2) is 9.93. The lowest BCUT2D eigenvalue weighted by Gasteiger charge is -2.26. The first-order valence-corrected chi connectivity index (χ1v) is 14.1. The van der Waals surface area contributed by atoms with Crippen LogP contribution in [0.15, 0.2) is 71.0 Å². The summed E-state index contributed by atoms with van der Waals surface area (Å²) in [5, 5.41) is 0.805. The van der Waals surface area contributed by atoms with E-state index in [1.165, 1.54) is 17.3 Å². The fourth-order valence-corrected chi connectivity index (χ4v) is 7.00. The minimum atomic E-state index is -3.48. The van der Waals surface area contributed by atoms with Crippen molar-refractivity contribution in [3.63, 3.8) is 0 Å². The van der Waals surface area contributed by atoms with Crippen LogP contribution in [0.3, 0.4) is 0 Å². The molecule has 1 amide bonds. The van der Waals surface area contributed by atoms with Gasteiger partial charge in [-0.15, -0.1) is 0 Å². The van der Waals surface area contributed by atoms with E-state index < -0.39 is 10.0 Å². The van der Waals surface area contributed by atoms with E-state index in [4.69, 9.17) is 0 Å². The molecule has 0 unspecified atom stereocenters. The van der Waals surface area contributed by atoms with Gasteiger partial charge in [0.15, 0.2) is 5.16 Å². The Balaban J connectivity index is 1.25. The topological polar surface area (TPSA) is 75.5 Å². The number of aromatic nitrogens is 2. The zero-order valence-electron chi connectivity index (χ0n) is 19.0. The molecule has 1 aromatic heterocycles. The molecule has 2 aromatic carbocycles. The predicted octanol–water partition coefficient (Wildman–Crippen LogP) is 3.79. The zero-order chi connectivity index (χ0) is 23.5. The number of nitrogens with zero attached hydrogens (tertiary/aromatic N) is 4. The summed E-state index contributed by atoms with van der Waals surface area (Å²) >= 11 is 1.43. The Morgan fingerprint density at radius 1 is 1.00 bits per heavy atom. The van der Waals surface area contributed by atoms with Crippen LogP contribution in [0, 0.1) is 0 Å². The molecule has 3 aromatic rings. The van der Waals surface area contributed by atoms with Gasteiger partial charge in [-0.25, -0.2) is 13.4 Å². The molecule has 5 rings (SSSR count). The van der Waals surface area contributed by atoms with Gasteiger partial charge in [0.05, 0.1) is 10.6 Å². The third-order valence-electron chi connectivity index (χ3n) is 6.40. The Morgan fingerprint density at radius 2 is 1.79 bits per heavy atom. The van der Waals surface area contributed by atoms with Gasteiger partial charge >= 0.3 is 0 Å². The van der Waals surface area contributed by atoms with Gasteiger partial charge in [-0.2, -0.15) is 4.31 Å². The molecule has 1 fully saturated rings. The minimum absolute atomic E-state index is 0.00430. The second-order valence-electron chi connectivity index (χ2n) is 8.66. The molecule has 0 saturated carbocycles. The number of rotatable bonds is 7. The summed E-state index contributed by atoms with van der Waals surface area (Å²) in [6, 6.07) is 15.3. The second-order valence-corrected chi connectivity index (χ2v) is 11.5. The first-order chi connectivity index (χ1) is 16.5. The number of sulfonamides is 1. The summed E-state index contributed by atoms with van der Waals surface area (Å²) in [4.78, 5) is 19.6. The molecule has 34 heavy (non-hydrogen) atoms. The van der Waals surface area contributed by atoms with Gasteiger partial charge < -0.3 is 9.47 Å². The Hall–Kier alpha value is -2.62. The van der Waals surface area contributed by atoms with Crippen molar-refractivity contribution in [2.75, 3.05) is 30.3 Å². The summed E-state index contributed by atoms with van der Waals surface area (Å²) in [7, 11) is -3.48. The van der Waals surface area contributed by atoms with E-state index in [9.17, 15) is 13.2 Å². The Bertz CT molecular complexity index is 1270. The molecule has 9 heteroatoms. The molecule has 0 radical (unpaired) electrons. The van der Waals surface area contributed by atoms with Crippen molar-refractivity contribution in [3.05, 3.63) is 72.1 Å². The Morgan fingerprint density at radius 3 is 2.59 bits per heavy atom. The van der Waals surface area contributed by atoms with E-state index >= 15 is 0 Å². The maximum Gasteiger partial charge on any atom is 0.243 e. The van der Waals surface area contributed by atoms with E-state index in [2.05, 4.69) is 17.1 Å². The summed E-state index contributed by atoms with van der Waals surface area (Å²) in [6.07, 6.45) is 7.25. The Kier molecular flexibility index (Phi) is 6.76. The van der Waals surface area contributed by atoms with Crippen LogP contribution in [0.4, 0.5) is 5.69 Å². The number of carbonyl (C=O) groups is 1. The molecular formula is C25H28N4O3S2. The van der Waals surface area contributed by atoms with Crippen LogP contribution in [0.5, 0.6) is 0 Å². The summed E-state index contributed by atoms with van der Waals surface area (Å²) in [5.74, 6) is 0.281. The van der Waals surface area contributed by atoms with E-state index in [1.54, 1.807) is 33.6 Å². The molecule has 0 bridgehead atoms. The fraction of sp³-hybridized carbons (Fsp3) is 0.360. The predicted molar refractivity (Wildman–Crippen MR) is 134 cm³/mol. The first kappa shape index (κ1) is 23.1. The van der Waals surface area contributed by atoms with Crippen LogP contribution in [0.25, 0.3) is 0 Å². The Labute approximate surface area is 204 Å². The first-order valence-electron chi connectivity index (χ1n) is 11.6. The van der Waals surface area contributed by atoms with Gasteiger partial charge in [0.1, 0.15) is 0 Å². The fourth-order valence-electron chi connectivity index (χ4n) is 4.59. The number of hydrogen-bond acceptors (Lipinski definition) is 5. The smallest absolute Gasteiger partial charge is 0.243 e. The highest BCUT2D eigenvalue weighted by molar-refractivity contribution is 7.99. The van der Waals surface area contributed by atoms with Crippen LogP contribution in [-0.4, -0.2) is 53.6 Å².